The highest BCUT2D eigenvalue weighted by atomic mass is 32.1. The van der Waals surface area contributed by atoms with Gasteiger partial charge in [-0.25, -0.2) is 9.78 Å². The Kier molecular flexibility index (Phi) is 4.16. The minimum atomic E-state index is -0.915. The quantitative estimate of drug-likeness (QED) is 0.880. The van der Waals surface area contributed by atoms with E-state index in [1.54, 1.807) is 6.92 Å². The van der Waals surface area contributed by atoms with E-state index in [0.29, 0.717) is 15.7 Å². The van der Waals surface area contributed by atoms with Gasteiger partial charge in [0.1, 0.15) is 4.88 Å². The number of rotatable bonds is 5. The lowest BCUT2D eigenvalue weighted by molar-refractivity contribution is 0.0701. The monoisotopic (exact) mass is 276 g/mol. The van der Waals surface area contributed by atoms with Crippen LogP contribution < -0.4 is 5.32 Å². The highest BCUT2D eigenvalue weighted by molar-refractivity contribution is 7.17. The third-order valence-electron chi connectivity index (χ3n) is 2.92. The zero-order valence-corrected chi connectivity index (χ0v) is 11.8. The van der Waals surface area contributed by atoms with E-state index in [-0.39, 0.29) is 0 Å². The molecule has 0 radical (unpaired) electrons. The van der Waals surface area contributed by atoms with Crippen LogP contribution in [0.15, 0.2) is 24.3 Å². The van der Waals surface area contributed by atoms with E-state index < -0.39 is 5.97 Å². The van der Waals surface area contributed by atoms with Gasteiger partial charge in [0.15, 0.2) is 5.13 Å². The fourth-order valence-corrected chi connectivity index (χ4v) is 2.70. The van der Waals surface area contributed by atoms with Crippen LogP contribution in [0.5, 0.6) is 0 Å². The Bertz CT molecular complexity index is 593. The summed E-state index contributed by atoms with van der Waals surface area (Å²) in [6.07, 6.45) is 0.897. The van der Waals surface area contributed by atoms with Gasteiger partial charge in [0.05, 0.1) is 5.69 Å². The molecule has 100 valence electrons. The standard InChI is InChI=1S/C14H16N2O2S/c1-9-5-3-4-6-11(9)7-8-15-14-16-10(2)12(19-14)13(17)18/h3-6H,7-8H2,1-2H3,(H,15,16)(H,17,18). The van der Waals surface area contributed by atoms with Gasteiger partial charge in [0, 0.05) is 6.54 Å². The van der Waals surface area contributed by atoms with Crippen LogP contribution in [0.25, 0.3) is 0 Å². The van der Waals surface area contributed by atoms with Crippen LogP contribution >= 0.6 is 11.3 Å². The normalized spacial score (nSPS) is 10.4. The molecule has 4 nitrogen and oxygen atoms in total. The van der Waals surface area contributed by atoms with Gasteiger partial charge >= 0.3 is 5.97 Å². The molecule has 0 amide bonds. The summed E-state index contributed by atoms with van der Waals surface area (Å²) in [5, 5.41) is 12.8. The predicted octanol–water partition coefficient (Wildman–Crippen LogP) is 3.11. The van der Waals surface area contributed by atoms with E-state index in [1.807, 2.05) is 12.1 Å². The molecule has 1 aromatic carbocycles. The number of nitrogens with zero attached hydrogens (tertiary/aromatic N) is 1. The Hall–Kier alpha value is -1.88. The molecule has 19 heavy (non-hydrogen) atoms. The number of carbonyl (C=O) groups is 1. The van der Waals surface area contributed by atoms with E-state index in [9.17, 15) is 4.79 Å². The van der Waals surface area contributed by atoms with Gasteiger partial charge in [-0.15, -0.1) is 0 Å². The summed E-state index contributed by atoms with van der Waals surface area (Å²) in [5.41, 5.74) is 3.13. The lowest BCUT2D eigenvalue weighted by atomic mass is 10.1. The van der Waals surface area contributed by atoms with E-state index in [2.05, 4.69) is 29.4 Å². The number of aryl methyl sites for hydroxylation is 2. The zero-order valence-electron chi connectivity index (χ0n) is 10.9. The van der Waals surface area contributed by atoms with Crippen molar-refractivity contribution in [3.8, 4) is 0 Å². The van der Waals surface area contributed by atoms with Crippen molar-refractivity contribution in [2.45, 2.75) is 20.3 Å². The van der Waals surface area contributed by atoms with Gasteiger partial charge in [-0.05, 0) is 31.4 Å². The molecule has 2 N–H and O–H groups in total. The minimum absolute atomic E-state index is 0.304. The Morgan fingerprint density at radius 1 is 1.37 bits per heavy atom. The van der Waals surface area contributed by atoms with Crippen LogP contribution in [-0.2, 0) is 6.42 Å². The first-order valence-corrected chi connectivity index (χ1v) is 6.88. The lowest BCUT2D eigenvalue weighted by Gasteiger charge is -2.05. The Morgan fingerprint density at radius 3 is 2.74 bits per heavy atom. The van der Waals surface area contributed by atoms with Crippen molar-refractivity contribution in [2.24, 2.45) is 0 Å². The van der Waals surface area contributed by atoms with E-state index in [4.69, 9.17) is 5.11 Å². The van der Waals surface area contributed by atoms with E-state index >= 15 is 0 Å². The number of carboxylic acid groups (broad SMARTS) is 1. The number of anilines is 1. The van der Waals surface area contributed by atoms with E-state index in [1.165, 1.54) is 22.5 Å². The second kappa shape index (κ2) is 5.84. The maximum Gasteiger partial charge on any atom is 0.347 e. The molecule has 0 saturated heterocycles. The first kappa shape index (κ1) is 13.5. The Morgan fingerprint density at radius 2 is 2.11 bits per heavy atom. The van der Waals surface area contributed by atoms with Crippen LogP contribution in [0.2, 0.25) is 0 Å². The zero-order chi connectivity index (χ0) is 13.8. The van der Waals surface area contributed by atoms with Crippen LogP contribution in [0.3, 0.4) is 0 Å². The van der Waals surface area contributed by atoms with Crippen LogP contribution in [0, 0.1) is 13.8 Å². The molecule has 0 unspecified atom stereocenters. The molecular weight excluding hydrogens is 260 g/mol. The third-order valence-corrected chi connectivity index (χ3v) is 4.03. The number of carboxylic acids is 1. The summed E-state index contributed by atoms with van der Waals surface area (Å²) in [6, 6.07) is 8.24. The molecule has 1 heterocycles. The third kappa shape index (κ3) is 3.32. The van der Waals surface area contributed by atoms with Gasteiger partial charge < -0.3 is 10.4 Å². The summed E-state index contributed by atoms with van der Waals surface area (Å²) in [6.45, 7) is 4.55. The Balaban J connectivity index is 1.95. The minimum Gasteiger partial charge on any atom is -0.477 e. The molecule has 5 heteroatoms. The summed E-state index contributed by atoms with van der Waals surface area (Å²) in [7, 11) is 0. The van der Waals surface area contributed by atoms with Crippen molar-refractivity contribution in [1.82, 2.24) is 4.98 Å². The number of nitrogens with one attached hydrogen (secondary N) is 1. The summed E-state index contributed by atoms with van der Waals surface area (Å²) < 4.78 is 0. The smallest absolute Gasteiger partial charge is 0.347 e. The number of benzene rings is 1. The van der Waals surface area contributed by atoms with Crippen molar-refractivity contribution in [3.63, 3.8) is 0 Å². The number of hydrogen-bond acceptors (Lipinski definition) is 4. The first-order valence-electron chi connectivity index (χ1n) is 6.07. The molecule has 0 bridgehead atoms. The molecule has 2 rings (SSSR count). The predicted molar refractivity (Wildman–Crippen MR) is 77.2 cm³/mol. The largest absolute Gasteiger partial charge is 0.477 e. The molecule has 0 aliphatic heterocycles. The van der Waals surface area contributed by atoms with Gasteiger partial charge in [-0.1, -0.05) is 35.6 Å². The fourth-order valence-electron chi connectivity index (χ4n) is 1.87. The molecular formula is C14H16N2O2S. The maximum absolute atomic E-state index is 10.9. The highest BCUT2D eigenvalue weighted by Gasteiger charge is 2.13. The van der Waals surface area contributed by atoms with Crippen molar-refractivity contribution < 1.29 is 9.90 Å². The lowest BCUT2D eigenvalue weighted by Crippen LogP contribution is -2.05. The molecule has 0 fully saturated rings. The van der Waals surface area contributed by atoms with Gasteiger partial charge in [-0.2, -0.15) is 0 Å². The molecule has 0 aliphatic carbocycles. The van der Waals surface area contributed by atoms with Crippen LogP contribution in [-0.4, -0.2) is 22.6 Å². The number of hydrogen-bond donors (Lipinski definition) is 2. The van der Waals surface area contributed by atoms with Crippen molar-refractivity contribution >= 4 is 22.4 Å². The Labute approximate surface area is 116 Å². The number of aromatic carboxylic acids is 1. The van der Waals surface area contributed by atoms with Crippen molar-refractivity contribution in [3.05, 3.63) is 46.0 Å². The van der Waals surface area contributed by atoms with Crippen LogP contribution in [0.1, 0.15) is 26.5 Å². The summed E-state index contributed by atoms with van der Waals surface area (Å²) in [5.74, 6) is -0.915. The molecule has 2 aromatic rings. The van der Waals surface area contributed by atoms with Gasteiger partial charge in [0.2, 0.25) is 0 Å². The second-order valence-electron chi connectivity index (χ2n) is 4.34. The topological polar surface area (TPSA) is 62.2 Å². The average Bonchev–Trinajstić information content (AvgIpc) is 2.73. The number of aromatic nitrogens is 1. The molecule has 0 atom stereocenters. The summed E-state index contributed by atoms with van der Waals surface area (Å²) >= 11 is 1.19. The molecule has 0 aliphatic rings. The van der Waals surface area contributed by atoms with Crippen molar-refractivity contribution in [1.29, 1.82) is 0 Å². The van der Waals surface area contributed by atoms with Gasteiger partial charge in [0.25, 0.3) is 0 Å². The molecule has 0 spiro atoms. The van der Waals surface area contributed by atoms with E-state index in [0.717, 1.165) is 13.0 Å². The number of thiazole rings is 1. The maximum atomic E-state index is 10.9. The highest BCUT2D eigenvalue weighted by Crippen LogP contribution is 2.22. The fraction of sp³-hybridized carbons (Fsp3) is 0.286. The SMILES string of the molecule is Cc1ccccc1CCNc1nc(C)c(C(=O)O)s1. The molecule has 0 saturated carbocycles. The van der Waals surface area contributed by atoms with Crippen molar-refractivity contribution in [2.75, 3.05) is 11.9 Å². The molecule has 1 aromatic heterocycles. The first-order chi connectivity index (χ1) is 9.08. The summed E-state index contributed by atoms with van der Waals surface area (Å²) in [4.78, 5) is 15.4. The average molecular weight is 276 g/mol. The van der Waals surface area contributed by atoms with Gasteiger partial charge in [-0.3, -0.25) is 0 Å². The second-order valence-corrected chi connectivity index (χ2v) is 5.34. The van der Waals surface area contributed by atoms with Crippen LogP contribution in [0.4, 0.5) is 5.13 Å².